The lowest BCUT2D eigenvalue weighted by atomic mass is 10.0. The van der Waals surface area contributed by atoms with Gasteiger partial charge in [-0.25, -0.2) is 18.1 Å². The number of rotatable bonds is 8. The van der Waals surface area contributed by atoms with E-state index in [-0.39, 0.29) is 17.0 Å². The molecule has 0 radical (unpaired) electrons. The van der Waals surface area contributed by atoms with Crippen LogP contribution >= 0.6 is 15.9 Å². The number of nitrogens with one attached hydrogen (secondary N) is 2. The van der Waals surface area contributed by atoms with Crippen LogP contribution in [0.3, 0.4) is 0 Å². The van der Waals surface area contributed by atoms with Gasteiger partial charge in [-0.1, -0.05) is 46.3 Å². The predicted octanol–water partition coefficient (Wildman–Crippen LogP) is 5.52. The molecule has 0 amide bonds. The molecule has 2 heterocycles. The first-order valence-electron chi connectivity index (χ1n) is 11.2. The van der Waals surface area contributed by atoms with Gasteiger partial charge in [0.1, 0.15) is 11.5 Å². The second-order valence-electron chi connectivity index (χ2n) is 9.08. The fourth-order valence-electron chi connectivity index (χ4n) is 3.51. The van der Waals surface area contributed by atoms with Crippen molar-refractivity contribution in [2.45, 2.75) is 31.2 Å². The number of halogens is 1. The van der Waals surface area contributed by atoms with E-state index in [1.54, 1.807) is 30.5 Å². The topological polar surface area (TPSA) is 88.9 Å². The summed E-state index contributed by atoms with van der Waals surface area (Å²) >= 11 is 3.32. The minimum atomic E-state index is -3.57. The smallest absolute Gasteiger partial charge is 0.240 e. The van der Waals surface area contributed by atoms with Crippen LogP contribution in [0.1, 0.15) is 20.8 Å². The average Bonchev–Trinajstić information content (AvgIpc) is 3.29. The lowest BCUT2D eigenvalue weighted by molar-refractivity contribution is 0.356. The molecule has 0 saturated heterocycles. The van der Waals surface area contributed by atoms with Crippen molar-refractivity contribution in [1.82, 2.24) is 19.5 Å². The number of hydrogen-bond acceptors (Lipinski definition) is 5. The van der Waals surface area contributed by atoms with E-state index in [9.17, 15) is 8.42 Å². The zero-order chi connectivity index (χ0) is 25.1. The summed E-state index contributed by atoms with van der Waals surface area (Å²) in [4.78, 5) is 4.63. The van der Waals surface area contributed by atoms with E-state index in [2.05, 4.69) is 70.1 Å². The van der Waals surface area contributed by atoms with Crippen molar-refractivity contribution in [3.8, 4) is 22.4 Å². The number of aromatic nitrogens is 3. The summed E-state index contributed by atoms with van der Waals surface area (Å²) in [5, 5.41) is 8.10. The highest BCUT2D eigenvalue weighted by Crippen LogP contribution is 2.33. The lowest BCUT2D eigenvalue weighted by Crippen LogP contribution is -2.29. The maximum Gasteiger partial charge on any atom is 0.240 e. The summed E-state index contributed by atoms with van der Waals surface area (Å²) in [6.07, 6.45) is 3.81. The summed E-state index contributed by atoms with van der Waals surface area (Å²) in [6, 6.07) is 20.5. The SMILES string of the molecule is CC(C)(C)n1cc(-c2ccnc(NCCNS(=O)(=O)c3ccc(Br)cc3)c2)c(-c2ccccc2)n1. The molecule has 0 aliphatic heterocycles. The Morgan fingerprint density at radius 3 is 2.34 bits per heavy atom. The van der Waals surface area contributed by atoms with E-state index >= 15 is 0 Å². The lowest BCUT2D eigenvalue weighted by Gasteiger charge is -2.18. The Balaban J connectivity index is 1.50. The van der Waals surface area contributed by atoms with Crippen molar-refractivity contribution >= 4 is 31.8 Å². The van der Waals surface area contributed by atoms with Gasteiger partial charge in [0, 0.05) is 41.1 Å². The van der Waals surface area contributed by atoms with E-state index < -0.39 is 10.0 Å². The second kappa shape index (κ2) is 10.3. The highest BCUT2D eigenvalue weighted by Gasteiger charge is 2.20. The van der Waals surface area contributed by atoms with Crippen LogP contribution < -0.4 is 10.0 Å². The van der Waals surface area contributed by atoms with Crippen molar-refractivity contribution in [2.24, 2.45) is 0 Å². The van der Waals surface area contributed by atoms with E-state index in [1.807, 2.05) is 35.0 Å². The zero-order valence-electron chi connectivity index (χ0n) is 19.9. The first-order chi connectivity index (χ1) is 16.6. The summed E-state index contributed by atoms with van der Waals surface area (Å²) < 4.78 is 30.4. The highest BCUT2D eigenvalue weighted by molar-refractivity contribution is 9.10. The zero-order valence-corrected chi connectivity index (χ0v) is 22.3. The Kier molecular flexibility index (Phi) is 7.39. The molecular formula is C26H28BrN5O2S. The average molecular weight is 555 g/mol. The fourth-order valence-corrected chi connectivity index (χ4v) is 4.80. The van der Waals surface area contributed by atoms with Gasteiger partial charge < -0.3 is 5.32 Å². The largest absolute Gasteiger partial charge is 0.369 e. The first-order valence-corrected chi connectivity index (χ1v) is 13.5. The molecule has 2 N–H and O–H groups in total. The molecule has 0 bridgehead atoms. The molecule has 7 nitrogen and oxygen atoms in total. The third kappa shape index (κ3) is 6.17. The molecule has 35 heavy (non-hydrogen) atoms. The quantitative estimate of drug-likeness (QED) is 0.280. The van der Waals surface area contributed by atoms with Crippen molar-refractivity contribution < 1.29 is 8.42 Å². The molecule has 2 aromatic heterocycles. The van der Waals surface area contributed by atoms with Crippen LogP contribution in [0.5, 0.6) is 0 Å². The van der Waals surface area contributed by atoms with Crippen molar-refractivity contribution in [2.75, 3.05) is 18.4 Å². The molecule has 4 rings (SSSR count). The van der Waals surface area contributed by atoms with Gasteiger partial charge in [0.2, 0.25) is 10.0 Å². The molecule has 4 aromatic rings. The maximum absolute atomic E-state index is 12.5. The van der Waals surface area contributed by atoms with Crippen molar-refractivity contribution in [3.05, 3.63) is 83.6 Å². The molecule has 182 valence electrons. The van der Waals surface area contributed by atoms with Crippen LogP contribution in [-0.2, 0) is 15.6 Å². The van der Waals surface area contributed by atoms with Gasteiger partial charge in [0.05, 0.1) is 10.4 Å². The maximum atomic E-state index is 12.5. The minimum Gasteiger partial charge on any atom is -0.369 e. The Morgan fingerprint density at radius 1 is 0.943 bits per heavy atom. The van der Waals surface area contributed by atoms with E-state index in [0.29, 0.717) is 12.4 Å². The van der Waals surface area contributed by atoms with Gasteiger partial charge in [-0.2, -0.15) is 5.10 Å². The third-order valence-electron chi connectivity index (χ3n) is 5.37. The predicted molar refractivity (Wildman–Crippen MR) is 144 cm³/mol. The van der Waals surface area contributed by atoms with Crippen LogP contribution in [0.2, 0.25) is 0 Å². The molecule has 0 spiro atoms. The van der Waals surface area contributed by atoms with Gasteiger partial charge in [-0.15, -0.1) is 0 Å². The van der Waals surface area contributed by atoms with Crippen LogP contribution in [-0.4, -0.2) is 36.3 Å². The summed E-state index contributed by atoms with van der Waals surface area (Å²) in [6.45, 7) is 6.97. The monoisotopic (exact) mass is 553 g/mol. The van der Waals surface area contributed by atoms with E-state index in [1.165, 1.54) is 0 Å². The Hall–Kier alpha value is -3.01. The van der Waals surface area contributed by atoms with Crippen molar-refractivity contribution in [1.29, 1.82) is 0 Å². The summed E-state index contributed by atoms with van der Waals surface area (Å²) in [7, 11) is -3.57. The molecule has 2 aromatic carbocycles. The minimum absolute atomic E-state index is 0.165. The van der Waals surface area contributed by atoms with Gasteiger partial charge in [0.15, 0.2) is 0 Å². The molecule has 0 aliphatic carbocycles. The molecule has 0 aliphatic rings. The number of nitrogens with zero attached hydrogens (tertiary/aromatic N) is 3. The van der Waals surface area contributed by atoms with Crippen LogP contribution in [0.15, 0.2) is 88.5 Å². The molecule has 0 atom stereocenters. The number of sulfonamides is 1. The molecule has 0 fully saturated rings. The van der Waals surface area contributed by atoms with E-state index in [4.69, 9.17) is 5.10 Å². The summed E-state index contributed by atoms with van der Waals surface area (Å²) in [5.74, 6) is 0.660. The number of hydrogen-bond donors (Lipinski definition) is 2. The normalized spacial score (nSPS) is 12.0. The Labute approximate surface area is 214 Å². The van der Waals surface area contributed by atoms with Crippen LogP contribution in [0, 0.1) is 0 Å². The second-order valence-corrected chi connectivity index (χ2v) is 11.8. The van der Waals surface area contributed by atoms with Gasteiger partial charge in [0.25, 0.3) is 0 Å². The number of anilines is 1. The molecular weight excluding hydrogens is 526 g/mol. The van der Waals surface area contributed by atoms with E-state index in [0.717, 1.165) is 26.9 Å². The Morgan fingerprint density at radius 2 is 1.66 bits per heavy atom. The molecule has 0 saturated carbocycles. The highest BCUT2D eigenvalue weighted by atomic mass is 79.9. The van der Waals surface area contributed by atoms with Crippen LogP contribution in [0.4, 0.5) is 5.82 Å². The molecule has 9 heteroatoms. The summed E-state index contributed by atoms with van der Waals surface area (Å²) in [5.41, 5.74) is 3.76. The van der Waals surface area contributed by atoms with Gasteiger partial charge in [-0.3, -0.25) is 4.68 Å². The number of benzene rings is 2. The number of pyridine rings is 1. The van der Waals surface area contributed by atoms with Gasteiger partial charge in [-0.05, 0) is 62.7 Å². The van der Waals surface area contributed by atoms with Crippen LogP contribution in [0.25, 0.3) is 22.4 Å². The van der Waals surface area contributed by atoms with Crippen molar-refractivity contribution in [3.63, 3.8) is 0 Å². The first kappa shape index (κ1) is 25.1. The standard InChI is InChI=1S/C26H28BrN5O2S/c1-26(2,3)32-18-23(25(31-32)19-7-5-4-6-8-19)20-13-14-28-24(17-20)29-15-16-30-35(33,34)22-11-9-21(27)10-12-22/h4-14,17-18,30H,15-16H2,1-3H3,(H,28,29). The third-order valence-corrected chi connectivity index (χ3v) is 7.37. The fraction of sp³-hybridized carbons (Fsp3) is 0.231. The Bertz CT molecular complexity index is 1400. The molecule has 0 unspecified atom stereocenters. The van der Waals surface area contributed by atoms with Gasteiger partial charge >= 0.3 is 0 Å².